The van der Waals surface area contributed by atoms with E-state index < -0.39 is 0 Å². The third-order valence-electron chi connectivity index (χ3n) is 3.67. The van der Waals surface area contributed by atoms with Crippen LogP contribution in [0.1, 0.15) is 12.8 Å². The largest absolute Gasteiger partial charge is 0.336 e. The molecular weight excluding hydrogens is 250 g/mol. The SMILES string of the molecule is O=C1CCC(C(=O)N2CCN3C(=O)NCC3C2)=NN1. The van der Waals surface area contributed by atoms with Crippen molar-refractivity contribution in [2.24, 2.45) is 5.10 Å². The van der Waals surface area contributed by atoms with Crippen molar-refractivity contribution in [1.82, 2.24) is 20.5 Å². The molecule has 1 unspecified atom stereocenters. The molecule has 102 valence electrons. The molecule has 0 aromatic heterocycles. The molecular formula is C11H15N5O3. The molecule has 2 fully saturated rings. The molecule has 2 saturated heterocycles. The number of urea groups is 1. The van der Waals surface area contributed by atoms with Crippen molar-refractivity contribution in [3.8, 4) is 0 Å². The second kappa shape index (κ2) is 4.52. The molecule has 1 atom stereocenters. The summed E-state index contributed by atoms with van der Waals surface area (Å²) >= 11 is 0. The molecule has 19 heavy (non-hydrogen) atoms. The van der Waals surface area contributed by atoms with Gasteiger partial charge in [0.05, 0.1) is 6.04 Å². The Morgan fingerprint density at radius 1 is 1.26 bits per heavy atom. The van der Waals surface area contributed by atoms with E-state index in [1.807, 2.05) is 0 Å². The van der Waals surface area contributed by atoms with Crippen molar-refractivity contribution in [2.75, 3.05) is 26.2 Å². The van der Waals surface area contributed by atoms with E-state index in [1.165, 1.54) is 0 Å². The standard InChI is InChI=1S/C11H15N5O3/c17-9-2-1-8(13-14-9)10(18)15-3-4-16-7(6-15)5-12-11(16)19/h7H,1-6H2,(H,12,19)(H,14,17). The number of hydrazone groups is 1. The molecule has 4 amide bonds. The van der Waals surface area contributed by atoms with Crippen LogP contribution in [0, 0.1) is 0 Å². The number of piperazine rings is 1. The van der Waals surface area contributed by atoms with E-state index in [4.69, 9.17) is 0 Å². The Balaban J connectivity index is 1.66. The number of fused-ring (bicyclic) bond motifs is 1. The lowest BCUT2D eigenvalue weighted by Gasteiger charge is -2.36. The lowest BCUT2D eigenvalue weighted by atomic mass is 10.1. The normalized spacial score (nSPS) is 26.5. The molecule has 0 aromatic rings. The van der Waals surface area contributed by atoms with Crippen LogP contribution in [0.2, 0.25) is 0 Å². The zero-order chi connectivity index (χ0) is 13.4. The van der Waals surface area contributed by atoms with E-state index in [0.29, 0.717) is 44.7 Å². The molecule has 0 bridgehead atoms. The molecule has 0 aromatic carbocycles. The summed E-state index contributed by atoms with van der Waals surface area (Å²) in [4.78, 5) is 38.2. The van der Waals surface area contributed by atoms with E-state index in [9.17, 15) is 14.4 Å². The smallest absolute Gasteiger partial charge is 0.317 e. The fourth-order valence-corrected chi connectivity index (χ4v) is 2.60. The van der Waals surface area contributed by atoms with E-state index in [1.54, 1.807) is 9.80 Å². The summed E-state index contributed by atoms with van der Waals surface area (Å²) in [5, 5.41) is 6.58. The first kappa shape index (κ1) is 11.9. The van der Waals surface area contributed by atoms with Crippen molar-refractivity contribution < 1.29 is 14.4 Å². The zero-order valence-electron chi connectivity index (χ0n) is 10.4. The predicted octanol–water partition coefficient (Wildman–Crippen LogP) is -1.51. The van der Waals surface area contributed by atoms with Crippen molar-refractivity contribution >= 4 is 23.6 Å². The van der Waals surface area contributed by atoms with Crippen LogP contribution in [0.15, 0.2) is 5.10 Å². The van der Waals surface area contributed by atoms with Crippen LogP contribution in [0.25, 0.3) is 0 Å². The maximum Gasteiger partial charge on any atom is 0.317 e. The van der Waals surface area contributed by atoms with Gasteiger partial charge in [0.2, 0.25) is 5.91 Å². The first-order chi connectivity index (χ1) is 9.15. The number of hydrogen-bond acceptors (Lipinski definition) is 4. The van der Waals surface area contributed by atoms with Crippen LogP contribution in [0.3, 0.4) is 0 Å². The second-order valence-electron chi connectivity index (χ2n) is 4.88. The summed E-state index contributed by atoms with van der Waals surface area (Å²) in [5.41, 5.74) is 2.72. The van der Waals surface area contributed by atoms with Crippen LogP contribution in [0.5, 0.6) is 0 Å². The summed E-state index contributed by atoms with van der Waals surface area (Å²) < 4.78 is 0. The monoisotopic (exact) mass is 265 g/mol. The number of amides is 4. The third kappa shape index (κ3) is 2.13. The third-order valence-corrected chi connectivity index (χ3v) is 3.67. The van der Waals surface area contributed by atoms with Gasteiger partial charge in [0.1, 0.15) is 5.71 Å². The molecule has 0 aliphatic carbocycles. The lowest BCUT2D eigenvalue weighted by molar-refractivity contribution is -0.126. The number of carbonyl (C=O) groups excluding carboxylic acids is 3. The summed E-state index contributed by atoms with van der Waals surface area (Å²) in [5.74, 6) is -0.300. The van der Waals surface area contributed by atoms with Crippen LogP contribution in [-0.2, 0) is 9.59 Å². The van der Waals surface area contributed by atoms with Crippen LogP contribution in [0.4, 0.5) is 4.79 Å². The van der Waals surface area contributed by atoms with Crippen molar-refractivity contribution in [1.29, 1.82) is 0 Å². The molecule has 0 saturated carbocycles. The minimum absolute atomic E-state index is 0.0454. The van der Waals surface area contributed by atoms with Gasteiger partial charge in [0.15, 0.2) is 0 Å². The quantitative estimate of drug-likeness (QED) is 0.603. The molecule has 3 aliphatic rings. The fourth-order valence-electron chi connectivity index (χ4n) is 2.60. The fraction of sp³-hybridized carbons (Fsp3) is 0.636. The number of rotatable bonds is 1. The molecule has 3 heterocycles. The lowest BCUT2D eigenvalue weighted by Crippen LogP contribution is -2.55. The highest BCUT2D eigenvalue weighted by Gasteiger charge is 2.37. The topological polar surface area (TPSA) is 94.1 Å². The van der Waals surface area contributed by atoms with Gasteiger partial charge in [0, 0.05) is 39.0 Å². The molecule has 8 nitrogen and oxygen atoms in total. The molecule has 3 aliphatic heterocycles. The summed E-state index contributed by atoms with van der Waals surface area (Å²) in [6, 6.07) is -0.0108. The molecule has 0 radical (unpaired) electrons. The Morgan fingerprint density at radius 3 is 2.84 bits per heavy atom. The van der Waals surface area contributed by atoms with E-state index in [-0.39, 0.29) is 23.9 Å². The van der Waals surface area contributed by atoms with Gasteiger partial charge in [-0.15, -0.1) is 0 Å². The maximum absolute atomic E-state index is 12.2. The van der Waals surface area contributed by atoms with Crippen LogP contribution < -0.4 is 10.7 Å². The van der Waals surface area contributed by atoms with E-state index >= 15 is 0 Å². The number of nitrogens with zero attached hydrogens (tertiary/aromatic N) is 3. The summed E-state index contributed by atoms with van der Waals surface area (Å²) in [6.07, 6.45) is 0.681. The highest BCUT2D eigenvalue weighted by molar-refractivity contribution is 6.39. The van der Waals surface area contributed by atoms with Crippen molar-refractivity contribution in [3.63, 3.8) is 0 Å². The van der Waals surface area contributed by atoms with Gasteiger partial charge in [-0.2, -0.15) is 5.10 Å². The van der Waals surface area contributed by atoms with E-state index in [0.717, 1.165) is 0 Å². The molecule has 3 rings (SSSR count). The van der Waals surface area contributed by atoms with Crippen molar-refractivity contribution in [3.05, 3.63) is 0 Å². The van der Waals surface area contributed by atoms with Gasteiger partial charge >= 0.3 is 6.03 Å². The molecule has 0 spiro atoms. The number of carbonyl (C=O) groups is 3. The number of nitrogens with one attached hydrogen (secondary N) is 2. The van der Waals surface area contributed by atoms with Crippen LogP contribution >= 0.6 is 0 Å². The Hall–Kier alpha value is -2.12. The van der Waals surface area contributed by atoms with Crippen LogP contribution in [-0.4, -0.2) is 65.6 Å². The van der Waals surface area contributed by atoms with Gasteiger partial charge in [-0.25, -0.2) is 10.2 Å². The van der Waals surface area contributed by atoms with E-state index in [2.05, 4.69) is 15.8 Å². The Morgan fingerprint density at radius 2 is 2.11 bits per heavy atom. The first-order valence-electron chi connectivity index (χ1n) is 6.34. The Kier molecular flexibility index (Phi) is 2.84. The average Bonchev–Trinajstić information content (AvgIpc) is 2.80. The minimum Gasteiger partial charge on any atom is -0.336 e. The molecule has 2 N–H and O–H groups in total. The maximum atomic E-state index is 12.2. The summed E-state index contributed by atoms with van der Waals surface area (Å²) in [7, 11) is 0. The minimum atomic E-state index is -0.160. The predicted molar refractivity (Wildman–Crippen MR) is 65.3 cm³/mol. The Bertz CT molecular complexity index is 475. The highest BCUT2D eigenvalue weighted by Crippen LogP contribution is 2.15. The van der Waals surface area contributed by atoms with Gasteiger partial charge in [-0.1, -0.05) is 0 Å². The first-order valence-corrected chi connectivity index (χ1v) is 6.34. The van der Waals surface area contributed by atoms with Gasteiger partial charge in [-0.05, 0) is 0 Å². The van der Waals surface area contributed by atoms with Crippen molar-refractivity contribution in [2.45, 2.75) is 18.9 Å². The van der Waals surface area contributed by atoms with Gasteiger partial charge in [0.25, 0.3) is 5.91 Å². The molecule has 8 heteroatoms. The number of hydrogen-bond donors (Lipinski definition) is 2. The average molecular weight is 265 g/mol. The second-order valence-corrected chi connectivity index (χ2v) is 4.88. The van der Waals surface area contributed by atoms with Gasteiger partial charge in [-0.3, -0.25) is 9.59 Å². The van der Waals surface area contributed by atoms with Gasteiger partial charge < -0.3 is 15.1 Å². The Labute approximate surface area is 109 Å². The summed E-state index contributed by atoms with van der Waals surface area (Å²) in [6.45, 7) is 2.15. The zero-order valence-corrected chi connectivity index (χ0v) is 10.4. The highest BCUT2D eigenvalue weighted by atomic mass is 16.2.